The largest absolute Gasteiger partial charge is 0.493 e. The Hall–Kier alpha value is -0.650. The maximum absolute atomic E-state index is 11.6. The summed E-state index contributed by atoms with van der Waals surface area (Å²) in [6, 6.07) is 3.39. The van der Waals surface area contributed by atoms with Gasteiger partial charge in [0, 0.05) is 5.88 Å². The average Bonchev–Trinajstić information content (AvgIpc) is 2.39. The topological polar surface area (TPSA) is 52.6 Å². The summed E-state index contributed by atoms with van der Waals surface area (Å²) in [5.74, 6) is 1.21. The number of sulfone groups is 1. The fourth-order valence-corrected chi connectivity index (χ4v) is 3.28. The van der Waals surface area contributed by atoms with E-state index in [9.17, 15) is 8.42 Å². The molecule has 1 aromatic carbocycles. The van der Waals surface area contributed by atoms with Crippen LogP contribution in [0.4, 0.5) is 0 Å². The molecular formula is C13H18Cl2O4S. The van der Waals surface area contributed by atoms with Crippen LogP contribution in [0.3, 0.4) is 0 Å². The smallest absolute Gasteiger partial charge is 0.179 e. The van der Waals surface area contributed by atoms with E-state index in [0.29, 0.717) is 28.8 Å². The first-order valence-electron chi connectivity index (χ1n) is 6.19. The molecule has 1 aromatic rings. The van der Waals surface area contributed by atoms with Crippen molar-refractivity contribution in [2.24, 2.45) is 0 Å². The fraction of sp³-hybridized carbons (Fsp3) is 0.538. The van der Waals surface area contributed by atoms with Crippen LogP contribution < -0.4 is 9.47 Å². The van der Waals surface area contributed by atoms with E-state index in [4.69, 9.17) is 32.7 Å². The molecule has 114 valence electrons. The molecule has 0 saturated heterocycles. The second kappa shape index (κ2) is 7.96. The maximum Gasteiger partial charge on any atom is 0.179 e. The van der Waals surface area contributed by atoms with E-state index < -0.39 is 9.84 Å². The van der Waals surface area contributed by atoms with Crippen molar-refractivity contribution in [3.8, 4) is 11.5 Å². The Morgan fingerprint density at radius 2 is 1.95 bits per heavy atom. The van der Waals surface area contributed by atoms with Gasteiger partial charge in [0.2, 0.25) is 0 Å². The second-order valence-corrected chi connectivity index (χ2v) is 7.22. The van der Waals surface area contributed by atoms with Crippen molar-refractivity contribution in [1.82, 2.24) is 0 Å². The zero-order valence-electron chi connectivity index (χ0n) is 11.5. The van der Waals surface area contributed by atoms with Crippen LogP contribution in [0.1, 0.15) is 18.9 Å². The van der Waals surface area contributed by atoms with Crippen molar-refractivity contribution in [3.63, 3.8) is 0 Å². The fourth-order valence-electron chi connectivity index (χ4n) is 1.67. The van der Waals surface area contributed by atoms with E-state index in [1.54, 1.807) is 12.1 Å². The number of rotatable bonds is 8. The number of ether oxygens (including phenoxy) is 2. The third-order valence-electron chi connectivity index (χ3n) is 2.60. The molecule has 0 saturated carbocycles. The van der Waals surface area contributed by atoms with Gasteiger partial charge >= 0.3 is 0 Å². The molecule has 1 rings (SSSR count). The lowest BCUT2D eigenvalue weighted by molar-refractivity contribution is 0.311. The Morgan fingerprint density at radius 1 is 1.25 bits per heavy atom. The van der Waals surface area contributed by atoms with E-state index in [-0.39, 0.29) is 18.1 Å². The minimum atomic E-state index is -3.08. The second-order valence-electron chi connectivity index (χ2n) is 4.24. The molecule has 0 aromatic heterocycles. The maximum atomic E-state index is 11.6. The molecular weight excluding hydrogens is 323 g/mol. The minimum absolute atomic E-state index is 0.0403. The van der Waals surface area contributed by atoms with Crippen LogP contribution in [0.15, 0.2) is 12.1 Å². The number of halogens is 2. The Morgan fingerprint density at radius 3 is 2.50 bits per heavy atom. The Balaban J connectivity index is 2.78. The van der Waals surface area contributed by atoms with Crippen LogP contribution >= 0.6 is 23.2 Å². The summed E-state index contributed by atoms with van der Waals surface area (Å²) in [4.78, 5) is 0. The molecule has 0 spiro atoms. The third kappa shape index (κ3) is 5.04. The highest BCUT2D eigenvalue weighted by molar-refractivity contribution is 7.91. The molecule has 0 atom stereocenters. The van der Waals surface area contributed by atoms with E-state index in [1.807, 2.05) is 6.92 Å². The molecule has 0 bridgehead atoms. The number of methoxy groups -OCH3 is 1. The number of alkyl halides is 1. The molecule has 0 unspecified atom stereocenters. The molecule has 0 heterocycles. The first kappa shape index (κ1) is 17.4. The lowest BCUT2D eigenvalue weighted by Gasteiger charge is -2.13. The van der Waals surface area contributed by atoms with Gasteiger partial charge < -0.3 is 9.47 Å². The normalized spacial score (nSPS) is 11.4. The van der Waals surface area contributed by atoms with Crippen molar-refractivity contribution in [3.05, 3.63) is 22.7 Å². The Labute approximate surface area is 129 Å². The van der Waals surface area contributed by atoms with Crippen LogP contribution in [0.2, 0.25) is 5.02 Å². The van der Waals surface area contributed by atoms with Gasteiger partial charge in [0.1, 0.15) is 6.61 Å². The Kier molecular flexibility index (Phi) is 6.92. The summed E-state index contributed by atoms with van der Waals surface area (Å²) in [5, 5.41) is 0.355. The molecule has 4 nitrogen and oxygen atoms in total. The summed E-state index contributed by atoms with van der Waals surface area (Å²) < 4.78 is 33.8. The molecule has 0 radical (unpaired) electrons. The zero-order chi connectivity index (χ0) is 15.2. The number of hydrogen-bond acceptors (Lipinski definition) is 4. The highest BCUT2D eigenvalue weighted by Gasteiger charge is 2.14. The number of hydrogen-bond donors (Lipinski definition) is 0. The standard InChI is InChI=1S/C13H18Cl2O4S/c1-3-5-20(16,17)6-4-19-13-11(15)7-10(9-14)8-12(13)18-2/h7-8H,3-6,9H2,1-2H3. The first-order valence-corrected chi connectivity index (χ1v) is 8.92. The van der Waals surface area contributed by atoms with Gasteiger partial charge in [-0.05, 0) is 24.1 Å². The molecule has 20 heavy (non-hydrogen) atoms. The average molecular weight is 341 g/mol. The SMILES string of the molecule is CCCS(=O)(=O)CCOc1c(Cl)cc(CCl)cc1OC. The molecule has 0 fully saturated rings. The summed E-state index contributed by atoms with van der Waals surface area (Å²) in [6.07, 6.45) is 0.594. The van der Waals surface area contributed by atoms with Gasteiger partial charge in [0.25, 0.3) is 0 Å². The summed E-state index contributed by atoms with van der Waals surface area (Å²) in [6.45, 7) is 1.86. The van der Waals surface area contributed by atoms with Crippen molar-refractivity contribution >= 4 is 33.0 Å². The van der Waals surface area contributed by atoms with Gasteiger partial charge in [0.15, 0.2) is 21.3 Å². The predicted octanol–water partition coefficient (Wildman–Crippen LogP) is 3.29. The summed E-state index contributed by atoms with van der Waals surface area (Å²) in [7, 11) is -1.59. The van der Waals surface area contributed by atoms with Crippen molar-refractivity contribution < 1.29 is 17.9 Å². The summed E-state index contributed by atoms with van der Waals surface area (Å²) in [5.41, 5.74) is 0.805. The van der Waals surface area contributed by atoms with E-state index in [2.05, 4.69) is 0 Å². The van der Waals surface area contributed by atoms with Crippen molar-refractivity contribution in [2.75, 3.05) is 25.2 Å². The first-order chi connectivity index (χ1) is 9.43. The molecule has 0 amide bonds. The number of benzene rings is 1. The molecule has 0 aliphatic carbocycles. The van der Waals surface area contributed by atoms with Gasteiger partial charge in [-0.2, -0.15) is 0 Å². The quantitative estimate of drug-likeness (QED) is 0.681. The van der Waals surface area contributed by atoms with E-state index in [1.165, 1.54) is 7.11 Å². The summed E-state index contributed by atoms with van der Waals surface area (Å²) >= 11 is 11.8. The van der Waals surface area contributed by atoms with Gasteiger partial charge in [-0.15, -0.1) is 11.6 Å². The van der Waals surface area contributed by atoms with Gasteiger partial charge in [-0.1, -0.05) is 18.5 Å². The molecule has 7 heteroatoms. The van der Waals surface area contributed by atoms with Crippen LogP contribution in [-0.2, 0) is 15.7 Å². The minimum Gasteiger partial charge on any atom is -0.493 e. The van der Waals surface area contributed by atoms with Crippen molar-refractivity contribution in [1.29, 1.82) is 0 Å². The van der Waals surface area contributed by atoms with Crippen molar-refractivity contribution in [2.45, 2.75) is 19.2 Å². The monoisotopic (exact) mass is 340 g/mol. The highest BCUT2D eigenvalue weighted by Crippen LogP contribution is 2.36. The third-order valence-corrected chi connectivity index (χ3v) is 5.01. The molecule has 0 aliphatic heterocycles. The van der Waals surface area contributed by atoms with Crippen LogP contribution in [-0.4, -0.2) is 33.6 Å². The van der Waals surface area contributed by atoms with E-state index >= 15 is 0 Å². The van der Waals surface area contributed by atoms with Gasteiger partial charge in [-0.25, -0.2) is 8.42 Å². The highest BCUT2D eigenvalue weighted by atomic mass is 35.5. The van der Waals surface area contributed by atoms with Crippen LogP contribution in [0.25, 0.3) is 0 Å². The van der Waals surface area contributed by atoms with Gasteiger partial charge in [0.05, 0.1) is 23.6 Å². The molecule has 0 aliphatic rings. The zero-order valence-corrected chi connectivity index (χ0v) is 13.8. The lowest BCUT2D eigenvalue weighted by Crippen LogP contribution is -2.17. The van der Waals surface area contributed by atoms with E-state index in [0.717, 1.165) is 5.56 Å². The predicted molar refractivity (Wildman–Crippen MR) is 82.0 cm³/mol. The van der Waals surface area contributed by atoms with Gasteiger partial charge in [-0.3, -0.25) is 0 Å². The lowest BCUT2D eigenvalue weighted by atomic mass is 10.2. The molecule has 0 N–H and O–H groups in total. The Bertz CT molecular complexity index is 544. The van der Waals surface area contributed by atoms with Crippen LogP contribution in [0.5, 0.6) is 11.5 Å². The van der Waals surface area contributed by atoms with Crippen LogP contribution in [0, 0.1) is 0 Å².